The van der Waals surface area contributed by atoms with Gasteiger partial charge in [-0.2, -0.15) is 0 Å². The Bertz CT molecular complexity index is 3720. The molecule has 12 aromatic carbocycles. The molecule has 0 unspecified atom stereocenters. The van der Waals surface area contributed by atoms with Crippen molar-refractivity contribution in [3.63, 3.8) is 0 Å². The van der Waals surface area contributed by atoms with E-state index < -0.39 is 0 Å². The first-order valence-electron chi connectivity index (χ1n) is 23.8. The third-order valence-corrected chi connectivity index (χ3v) is 13.7. The van der Waals surface area contributed by atoms with Crippen molar-refractivity contribution in [1.29, 1.82) is 0 Å². The van der Waals surface area contributed by atoms with Crippen LogP contribution in [0.25, 0.3) is 133 Å². The van der Waals surface area contributed by atoms with Gasteiger partial charge in [0, 0.05) is 16.7 Å². The molecule has 0 aliphatic heterocycles. The number of hydrogen-bond donors (Lipinski definition) is 0. The smallest absolute Gasteiger partial charge is 0.164 e. The summed E-state index contributed by atoms with van der Waals surface area (Å²) in [4.78, 5) is 15.6. The van der Waals surface area contributed by atoms with Gasteiger partial charge < -0.3 is 0 Å². The van der Waals surface area contributed by atoms with E-state index in [1.807, 2.05) is 6.07 Å². The molecular weight excluding hydrogens is 847 g/mol. The minimum atomic E-state index is 0.616. The lowest BCUT2D eigenvalue weighted by molar-refractivity contribution is 1.07. The summed E-state index contributed by atoms with van der Waals surface area (Å²) in [5.41, 5.74) is 14.7. The molecule has 0 amide bonds. The molecule has 326 valence electrons. The molecule has 0 fully saturated rings. The maximum Gasteiger partial charge on any atom is 0.164 e. The third kappa shape index (κ3) is 7.20. The van der Waals surface area contributed by atoms with Gasteiger partial charge in [-0.25, -0.2) is 15.0 Å². The van der Waals surface area contributed by atoms with Gasteiger partial charge in [0.2, 0.25) is 0 Å². The van der Waals surface area contributed by atoms with E-state index in [1.165, 1.54) is 76.5 Å². The highest BCUT2D eigenvalue weighted by Crippen LogP contribution is 2.46. The standard InChI is InChI=1S/C67H43N3/c1-4-18-44(19-5-1)45-32-38-50(39-33-45)65-68-66(51-40-34-48(35-41-51)63-57-28-14-10-24-53(57)61(46-20-6-2-7-21-46)54-25-11-15-29-58(54)63)70-67(69-65)52-42-36-49(37-43-52)64-59-30-16-12-26-55(59)62(47-22-8-3-9-23-47)56-27-13-17-31-60(56)64/h1-43H. The average molecular weight is 890 g/mol. The van der Waals surface area contributed by atoms with Crippen molar-refractivity contribution in [2.45, 2.75) is 0 Å². The number of benzene rings is 12. The highest BCUT2D eigenvalue weighted by atomic mass is 15.0. The molecule has 0 aliphatic rings. The molecule has 0 bridgehead atoms. The molecule has 3 heteroatoms. The van der Waals surface area contributed by atoms with E-state index in [9.17, 15) is 0 Å². The van der Waals surface area contributed by atoms with Gasteiger partial charge in [-0.3, -0.25) is 0 Å². The van der Waals surface area contributed by atoms with Crippen LogP contribution in [0.5, 0.6) is 0 Å². The van der Waals surface area contributed by atoms with Gasteiger partial charge in [0.15, 0.2) is 17.5 Å². The van der Waals surface area contributed by atoms with Crippen molar-refractivity contribution in [3.8, 4) is 89.8 Å². The molecule has 0 N–H and O–H groups in total. The molecule has 1 aromatic heterocycles. The first-order valence-corrected chi connectivity index (χ1v) is 23.8. The molecule has 0 atom stereocenters. The fourth-order valence-electron chi connectivity index (χ4n) is 10.5. The lowest BCUT2D eigenvalue weighted by atomic mass is 9.86. The number of hydrogen-bond acceptors (Lipinski definition) is 3. The second-order valence-electron chi connectivity index (χ2n) is 17.8. The molecule has 0 spiro atoms. The van der Waals surface area contributed by atoms with Crippen LogP contribution in [0, 0.1) is 0 Å². The summed E-state index contributed by atoms with van der Waals surface area (Å²) < 4.78 is 0. The van der Waals surface area contributed by atoms with Crippen LogP contribution in [-0.4, -0.2) is 15.0 Å². The predicted molar refractivity (Wildman–Crippen MR) is 293 cm³/mol. The van der Waals surface area contributed by atoms with Gasteiger partial charge in [-0.1, -0.05) is 261 Å². The molecule has 0 radical (unpaired) electrons. The van der Waals surface area contributed by atoms with E-state index in [4.69, 9.17) is 15.0 Å². The molecular formula is C67H43N3. The van der Waals surface area contributed by atoms with Crippen LogP contribution in [-0.2, 0) is 0 Å². The summed E-state index contributed by atoms with van der Waals surface area (Å²) in [6, 6.07) is 93.1. The van der Waals surface area contributed by atoms with Crippen LogP contribution >= 0.6 is 0 Å². The SMILES string of the molecule is c1ccc(-c2ccc(-c3nc(-c4ccc(-c5c6ccccc6c(-c6ccccc6)c6ccccc56)cc4)nc(-c4ccc(-c5c6ccccc6c(-c6ccccc6)c6ccccc56)cc4)n3)cc2)cc1. The van der Waals surface area contributed by atoms with E-state index in [-0.39, 0.29) is 0 Å². The normalized spacial score (nSPS) is 11.4. The van der Waals surface area contributed by atoms with Crippen molar-refractivity contribution in [3.05, 3.63) is 261 Å². The quantitative estimate of drug-likeness (QED) is 0.143. The van der Waals surface area contributed by atoms with Gasteiger partial charge in [0.05, 0.1) is 0 Å². The van der Waals surface area contributed by atoms with Crippen molar-refractivity contribution in [2.24, 2.45) is 0 Å². The second-order valence-corrected chi connectivity index (χ2v) is 17.8. The zero-order valence-corrected chi connectivity index (χ0v) is 38.2. The zero-order valence-electron chi connectivity index (χ0n) is 38.2. The van der Waals surface area contributed by atoms with E-state index in [1.54, 1.807) is 0 Å². The Labute approximate surface area is 406 Å². The molecule has 1 heterocycles. The Balaban J connectivity index is 0.933. The van der Waals surface area contributed by atoms with Crippen LogP contribution in [0.1, 0.15) is 0 Å². The molecule has 0 aliphatic carbocycles. The highest BCUT2D eigenvalue weighted by molar-refractivity contribution is 6.22. The van der Waals surface area contributed by atoms with Gasteiger partial charge in [-0.15, -0.1) is 0 Å². The molecule has 13 rings (SSSR count). The Kier molecular flexibility index (Phi) is 10.2. The number of aromatic nitrogens is 3. The van der Waals surface area contributed by atoms with Crippen molar-refractivity contribution < 1.29 is 0 Å². The van der Waals surface area contributed by atoms with E-state index in [0.717, 1.165) is 38.9 Å². The van der Waals surface area contributed by atoms with Crippen LogP contribution < -0.4 is 0 Å². The lowest BCUT2D eigenvalue weighted by Gasteiger charge is -2.18. The third-order valence-electron chi connectivity index (χ3n) is 13.7. The summed E-state index contributed by atoms with van der Waals surface area (Å²) in [5, 5.41) is 9.78. The van der Waals surface area contributed by atoms with Crippen molar-refractivity contribution in [2.75, 3.05) is 0 Å². The Hall–Kier alpha value is -9.31. The van der Waals surface area contributed by atoms with Crippen molar-refractivity contribution >= 4 is 43.1 Å². The van der Waals surface area contributed by atoms with Gasteiger partial charge in [0.25, 0.3) is 0 Å². The van der Waals surface area contributed by atoms with Crippen LogP contribution in [0.3, 0.4) is 0 Å². The van der Waals surface area contributed by atoms with Crippen LogP contribution in [0.15, 0.2) is 261 Å². The maximum atomic E-state index is 5.24. The highest BCUT2D eigenvalue weighted by Gasteiger charge is 2.20. The Morgan fingerprint density at radius 3 is 0.571 bits per heavy atom. The first-order chi connectivity index (χ1) is 34.7. The van der Waals surface area contributed by atoms with Crippen molar-refractivity contribution in [1.82, 2.24) is 15.0 Å². The number of fused-ring (bicyclic) bond motifs is 4. The minimum Gasteiger partial charge on any atom is -0.208 e. The van der Waals surface area contributed by atoms with E-state index in [2.05, 4.69) is 255 Å². The number of rotatable bonds is 8. The molecule has 0 saturated heterocycles. The Morgan fingerprint density at radius 1 is 0.143 bits per heavy atom. The molecule has 3 nitrogen and oxygen atoms in total. The largest absolute Gasteiger partial charge is 0.208 e. The monoisotopic (exact) mass is 889 g/mol. The predicted octanol–water partition coefficient (Wildman–Crippen LogP) is 17.8. The first kappa shape index (κ1) is 40.9. The molecule has 0 saturated carbocycles. The summed E-state index contributed by atoms with van der Waals surface area (Å²) in [7, 11) is 0. The summed E-state index contributed by atoms with van der Waals surface area (Å²) in [6.45, 7) is 0. The molecule has 70 heavy (non-hydrogen) atoms. The average Bonchev–Trinajstić information content (AvgIpc) is 3.44. The zero-order chi connectivity index (χ0) is 46.4. The summed E-state index contributed by atoms with van der Waals surface area (Å²) >= 11 is 0. The minimum absolute atomic E-state index is 0.616. The fraction of sp³-hybridized carbons (Fsp3) is 0. The van der Waals surface area contributed by atoms with Gasteiger partial charge in [-0.05, 0) is 98.7 Å². The van der Waals surface area contributed by atoms with E-state index in [0.29, 0.717) is 17.5 Å². The van der Waals surface area contributed by atoms with E-state index >= 15 is 0 Å². The molecule has 13 aromatic rings. The van der Waals surface area contributed by atoms with Gasteiger partial charge >= 0.3 is 0 Å². The lowest BCUT2D eigenvalue weighted by Crippen LogP contribution is -2.00. The summed E-state index contributed by atoms with van der Waals surface area (Å²) in [6.07, 6.45) is 0. The fourth-order valence-corrected chi connectivity index (χ4v) is 10.5. The van der Waals surface area contributed by atoms with Gasteiger partial charge in [0.1, 0.15) is 0 Å². The summed E-state index contributed by atoms with van der Waals surface area (Å²) in [5.74, 6) is 1.85. The Morgan fingerprint density at radius 2 is 0.314 bits per heavy atom. The number of nitrogens with zero attached hydrogens (tertiary/aromatic N) is 3. The topological polar surface area (TPSA) is 38.7 Å². The maximum absolute atomic E-state index is 5.24. The van der Waals surface area contributed by atoms with Crippen LogP contribution in [0.4, 0.5) is 0 Å². The van der Waals surface area contributed by atoms with Crippen LogP contribution in [0.2, 0.25) is 0 Å². The second kappa shape index (κ2) is 17.4.